The van der Waals surface area contributed by atoms with E-state index >= 15 is 0 Å². The van der Waals surface area contributed by atoms with Gasteiger partial charge in [0.05, 0.1) is 11.5 Å². The molecular weight excluding hydrogens is 270 g/mol. The number of rotatable bonds is 5. The summed E-state index contributed by atoms with van der Waals surface area (Å²) in [5, 5.41) is 9.19. The predicted molar refractivity (Wildman–Crippen MR) is 80.1 cm³/mol. The molecule has 0 unspecified atom stereocenters. The molecule has 0 fully saturated rings. The van der Waals surface area contributed by atoms with Crippen molar-refractivity contribution >= 4 is 11.3 Å². The lowest BCUT2D eigenvalue weighted by Crippen LogP contribution is -2.02. The standard InChI is InChI=1S/C15H15N3OS/c1-11-4-2-5-12(10-11)19-8-7-14-16-15(18-17-14)13-6-3-9-20-13/h2-6,9-10H,7-8H2,1H3,(H,16,17,18). The Hall–Kier alpha value is -2.14. The third kappa shape index (κ3) is 3.05. The molecule has 3 aromatic rings. The second-order valence-electron chi connectivity index (χ2n) is 4.50. The van der Waals surface area contributed by atoms with Crippen molar-refractivity contribution in [1.82, 2.24) is 15.2 Å². The maximum atomic E-state index is 5.71. The smallest absolute Gasteiger partial charge is 0.191 e. The summed E-state index contributed by atoms with van der Waals surface area (Å²) in [7, 11) is 0. The SMILES string of the molecule is Cc1cccc(OCCc2nc(-c3cccs3)n[nH]2)c1. The van der Waals surface area contributed by atoms with E-state index in [0.717, 1.165) is 22.3 Å². The van der Waals surface area contributed by atoms with Crippen molar-refractivity contribution < 1.29 is 4.74 Å². The third-order valence-electron chi connectivity index (χ3n) is 2.87. The van der Waals surface area contributed by atoms with E-state index in [2.05, 4.69) is 28.2 Å². The molecule has 5 heteroatoms. The number of ether oxygens (including phenoxy) is 1. The van der Waals surface area contributed by atoms with Crippen LogP contribution in [0.25, 0.3) is 10.7 Å². The van der Waals surface area contributed by atoms with Gasteiger partial charge in [-0.3, -0.25) is 5.10 Å². The minimum atomic E-state index is 0.586. The summed E-state index contributed by atoms with van der Waals surface area (Å²) in [5.41, 5.74) is 1.20. The molecule has 20 heavy (non-hydrogen) atoms. The van der Waals surface area contributed by atoms with Crippen LogP contribution >= 0.6 is 11.3 Å². The normalized spacial score (nSPS) is 10.7. The van der Waals surface area contributed by atoms with Crippen LogP contribution in [-0.4, -0.2) is 21.8 Å². The van der Waals surface area contributed by atoms with Crippen LogP contribution in [0.4, 0.5) is 0 Å². The molecule has 0 aliphatic heterocycles. The van der Waals surface area contributed by atoms with Crippen LogP contribution in [0.5, 0.6) is 5.75 Å². The first-order valence-electron chi connectivity index (χ1n) is 6.46. The molecule has 0 aliphatic carbocycles. The molecule has 0 aliphatic rings. The van der Waals surface area contributed by atoms with Gasteiger partial charge >= 0.3 is 0 Å². The average Bonchev–Trinajstić information content (AvgIpc) is 3.09. The van der Waals surface area contributed by atoms with E-state index < -0.39 is 0 Å². The molecule has 3 rings (SSSR count). The first kappa shape index (κ1) is 12.9. The maximum Gasteiger partial charge on any atom is 0.191 e. The summed E-state index contributed by atoms with van der Waals surface area (Å²) >= 11 is 1.64. The summed E-state index contributed by atoms with van der Waals surface area (Å²) in [5.74, 6) is 2.50. The third-order valence-corrected chi connectivity index (χ3v) is 3.74. The monoisotopic (exact) mass is 285 g/mol. The van der Waals surface area contributed by atoms with Gasteiger partial charge in [-0.15, -0.1) is 11.3 Å². The molecule has 4 nitrogen and oxygen atoms in total. The predicted octanol–water partition coefficient (Wildman–Crippen LogP) is 3.46. The van der Waals surface area contributed by atoms with Crippen LogP contribution in [0.3, 0.4) is 0 Å². The fourth-order valence-corrected chi connectivity index (χ4v) is 2.55. The van der Waals surface area contributed by atoms with Crippen molar-refractivity contribution in [3.63, 3.8) is 0 Å². The number of nitrogens with one attached hydrogen (secondary N) is 1. The largest absolute Gasteiger partial charge is 0.493 e. The average molecular weight is 285 g/mol. The summed E-state index contributed by atoms with van der Waals surface area (Å²) in [6.45, 7) is 2.64. The number of aromatic amines is 1. The summed E-state index contributed by atoms with van der Waals surface area (Å²) in [4.78, 5) is 5.54. The molecule has 0 saturated heterocycles. The lowest BCUT2D eigenvalue weighted by atomic mass is 10.2. The number of H-pyrrole nitrogens is 1. The molecular formula is C15H15N3OS. The number of aryl methyl sites for hydroxylation is 1. The topological polar surface area (TPSA) is 50.8 Å². The summed E-state index contributed by atoms with van der Waals surface area (Å²) in [6.07, 6.45) is 0.715. The van der Waals surface area contributed by atoms with E-state index in [-0.39, 0.29) is 0 Å². The van der Waals surface area contributed by atoms with Gasteiger partial charge in [-0.05, 0) is 36.1 Å². The van der Waals surface area contributed by atoms with Crippen LogP contribution in [0.15, 0.2) is 41.8 Å². The Bertz CT molecular complexity index is 676. The van der Waals surface area contributed by atoms with Gasteiger partial charge in [0.2, 0.25) is 0 Å². The second-order valence-corrected chi connectivity index (χ2v) is 5.45. The van der Waals surface area contributed by atoms with Crippen LogP contribution in [0.1, 0.15) is 11.4 Å². The van der Waals surface area contributed by atoms with Gasteiger partial charge in [-0.2, -0.15) is 5.10 Å². The fourth-order valence-electron chi connectivity index (χ4n) is 1.89. The Labute approximate surface area is 121 Å². The molecule has 1 N–H and O–H groups in total. The quantitative estimate of drug-likeness (QED) is 0.781. The summed E-state index contributed by atoms with van der Waals surface area (Å²) < 4.78 is 5.71. The first-order chi connectivity index (χ1) is 9.81. The fraction of sp³-hybridized carbons (Fsp3) is 0.200. The molecule has 2 heterocycles. The zero-order chi connectivity index (χ0) is 13.8. The highest BCUT2D eigenvalue weighted by Gasteiger charge is 2.06. The molecule has 0 atom stereocenters. The van der Waals surface area contributed by atoms with Crippen molar-refractivity contribution in [2.45, 2.75) is 13.3 Å². The minimum absolute atomic E-state index is 0.586. The molecule has 2 aromatic heterocycles. The molecule has 1 aromatic carbocycles. The van der Waals surface area contributed by atoms with Crippen molar-refractivity contribution in [3.8, 4) is 16.5 Å². The van der Waals surface area contributed by atoms with Crippen LogP contribution in [0.2, 0.25) is 0 Å². The number of nitrogens with zero attached hydrogens (tertiary/aromatic N) is 2. The molecule has 0 saturated carbocycles. The molecule has 0 radical (unpaired) electrons. The highest BCUT2D eigenvalue weighted by atomic mass is 32.1. The van der Waals surface area contributed by atoms with Crippen molar-refractivity contribution in [3.05, 3.63) is 53.2 Å². The number of hydrogen-bond donors (Lipinski definition) is 1. The zero-order valence-electron chi connectivity index (χ0n) is 11.2. The van der Waals surface area contributed by atoms with E-state index in [4.69, 9.17) is 4.74 Å². The van der Waals surface area contributed by atoms with E-state index in [1.807, 2.05) is 35.7 Å². The van der Waals surface area contributed by atoms with Gasteiger partial charge in [0.1, 0.15) is 11.6 Å². The lowest BCUT2D eigenvalue weighted by molar-refractivity contribution is 0.319. The van der Waals surface area contributed by atoms with Gasteiger partial charge in [-0.1, -0.05) is 18.2 Å². The lowest BCUT2D eigenvalue weighted by Gasteiger charge is -2.05. The first-order valence-corrected chi connectivity index (χ1v) is 7.34. The van der Waals surface area contributed by atoms with Crippen molar-refractivity contribution in [2.24, 2.45) is 0 Å². The number of hydrogen-bond acceptors (Lipinski definition) is 4. The van der Waals surface area contributed by atoms with Gasteiger partial charge in [0.25, 0.3) is 0 Å². The zero-order valence-corrected chi connectivity index (χ0v) is 12.0. The maximum absolute atomic E-state index is 5.71. The highest BCUT2D eigenvalue weighted by molar-refractivity contribution is 7.13. The van der Waals surface area contributed by atoms with Crippen LogP contribution in [0, 0.1) is 6.92 Å². The van der Waals surface area contributed by atoms with Crippen LogP contribution in [-0.2, 0) is 6.42 Å². The van der Waals surface area contributed by atoms with Crippen molar-refractivity contribution in [2.75, 3.05) is 6.61 Å². The van der Waals surface area contributed by atoms with E-state index in [0.29, 0.717) is 13.0 Å². The highest BCUT2D eigenvalue weighted by Crippen LogP contribution is 2.20. The number of benzene rings is 1. The number of aromatic nitrogens is 3. The number of thiophene rings is 1. The van der Waals surface area contributed by atoms with Gasteiger partial charge < -0.3 is 4.74 Å². The minimum Gasteiger partial charge on any atom is -0.493 e. The summed E-state index contributed by atoms with van der Waals surface area (Å²) in [6, 6.07) is 12.0. The van der Waals surface area contributed by atoms with Gasteiger partial charge in [0.15, 0.2) is 5.82 Å². The Morgan fingerprint density at radius 2 is 2.20 bits per heavy atom. The van der Waals surface area contributed by atoms with Gasteiger partial charge in [0, 0.05) is 6.42 Å². The Morgan fingerprint density at radius 1 is 1.25 bits per heavy atom. The van der Waals surface area contributed by atoms with E-state index in [1.54, 1.807) is 11.3 Å². The van der Waals surface area contributed by atoms with Crippen molar-refractivity contribution in [1.29, 1.82) is 0 Å². The Balaban J connectivity index is 1.57. The Kier molecular flexibility index (Phi) is 3.78. The van der Waals surface area contributed by atoms with Crippen LogP contribution < -0.4 is 4.74 Å². The molecule has 0 bridgehead atoms. The van der Waals surface area contributed by atoms with E-state index in [1.165, 1.54) is 5.56 Å². The van der Waals surface area contributed by atoms with Gasteiger partial charge in [-0.25, -0.2) is 4.98 Å². The van der Waals surface area contributed by atoms with E-state index in [9.17, 15) is 0 Å². The second kappa shape index (κ2) is 5.88. The molecule has 0 spiro atoms. The molecule has 0 amide bonds. The molecule has 102 valence electrons. The Morgan fingerprint density at radius 3 is 3.00 bits per heavy atom.